The van der Waals surface area contributed by atoms with Gasteiger partial charge in [-0.2, -0.15) is 0 Å². The predicted molar refractivity (Wildman–Crippen MR) is 93.2 cm³/mol. The van der Waals surface area contributed by atoms with Gasteiger partial charge in [0, 0.05) is 41.4 Å². The maximum absolute atomic E-state index is 12.1. The Morgan fingerprint density at radius 2 is 2.00 bits per heavy atom. The minimum absolute atomic E-state index is 0.180. The van der Waals surface area contributed by atoms with Gasteiger partial charge in [-0.25, -0.2) is 4.98 Å². The highest BCUT2D eigenvalue weighted by molar-refractivity contribution is 7.15. The summed E-state index contributed by atoms with van der Waals surface area (Å²) in [5.74, 6) is -0.833. The highest BCUT2D eigenvalue weighted by Crippen LogP contribution is 2.22. The summed E-state index contributed by atoms with van der Waals surface area (Å²) in [6, 6.07) is 6.07. The van der Waals surface area contributed by atoms with Crippen molar-refractivity contribution < 1.29 is 22.7 Å². The molecule has 0 atom stereocenters. The largest absolute Gasteiger partial charge is 0.573 e. The fourth-order valence-corrected chi connectivity index (χ4v) is 3.45. The van der Waals surface area contributed by atoms with E-state index in [9.17, 15) is 22.8 Å². The van der Waals surface area contributed by atoms with Crippen molar-refractivity contribution >= 4 is 22.2 Å². The number of carbonyl (C=O) groups excluding carboxylic acids is 1. The number of alkyl halides is 3. The van der Waals surface area contributed by atoms with Crippen molar-refractivity contribution in [1.29, 1.82) is 0 Å². The molecule has 1 aromatic carbocycles. The Balaban J connectivity index is 1.61. The Bertz CT molecular complexity index is 1030. The molecule has 0 saturated carbocycles. The minimum atomic E-state index is -4.78. The molecule has 6 nitrogen and oxygen atoms in total. The van der Waals surface area contributed by atoms with Crippen molar-refractivity contribution in [1.82, 2.24) is 14.7 Å². The second kappa shape index (κ2) is 7.39. The molecule has 0 spiro atoms. The van der Waals surface area contributed by atoms with E-state index < -0.39 is 18.0 Å². The van der Waals surface area contributed by atoms with Gasteiger partial charge in [-0.05, 0) is 31.2 Å². The van der Waals surface area contributed by atoms with Crippen LogP contribution in [0, 0.1) is 6.92 Å². The zero-order chi connectivity index (χ0) is 19.6. The van der Waals surface area contributed by atoms with Gasteiger partial charge >= 0.3 is 6.36 Å². The third-order valence-corrected chi connectivity index (χ3v) is 4.50. The van der Waals surface area contributed by atoms with Crippen LogP contribution in [0.15, 0.2) is 40.5 Å². The lowest BCUT2D eigenvalue weighted by molar-refractivity contribution is -0.274. The first kappa shape index (κ1) is 18.9. The summed E-state index contributed by atoms with van der Waals surface area (Å²) in [5, 5.41) is 4.47. The Kier molecular flexibility index (Phi) is 5.17. The number of fused-ring (bicyclic) bond motifs is 1. The van der Waals surface area contributed by atoms with Gasteiger partial charge in [0.1, 0.15) is 5.75 Å². The third-order valence-electron chi connectivity index (χ3n) is 3.62. The van der Waals surface area contributed by atoms with Crippen LogP contribution in [0.4, 0.5) is 13.2 Å². The van der Waals surface area contributed by atoms with Crippen LogP contribution in [0.3, 0.4) is 0 Å². The lowest BCUT2D eigenvalue weighted by Crippen LogP contribution is -2.26. The number of benzene rings is 1. The second-order valence-electron chi connectivity index (χ2n) is 5.66. The van der Waals surface area contributed by atoms with Crippen molar-refractivity contribution in [3.63, 3.8) is 0 Å². The number of thiazole rings is 1. The molecule has 0 radical (unpaired) electrons. The van der Waals surface area contributed by atoms with Crippen LogP contribution in [-0.4, -0.2) is 28.2 Å². The van der Waals surface area contributed by atoms with Crippen LogP contribution in [-0.2, 0) is 6.42 Å². The van der Waals surface area contributed by atoms with E-state index in [-0.39, 0.29) is 17.7 Å². The SMILES string of the molecule is Cc1cc(=O)n2c(CCNC(=O)c3ccc(OC(F)(F)F)cc3)csc2n1. The van der Waals surface area contributed by atoms with E-state index in [1.807, 2.05) is 0 Å². The molecule has 2 heterocycles. The average molecular weight is 397 g/mol. The molecule has 0 unspecified atom stereocenters. The van der Waals surface area contributed by atoms with Gasteiger partial charge in [0.2, 0.25) is 0 Å². The molecule has 0 bridgehead atoms. The number of amides is 1. The number of hydrogen-bond acceptors (Lipinski definition) is 5. The molecule has 27 heavy (non-hydrogen) atoms. The molecule has 0 aliphatic rings. The molecule has 142 valence electrons. The fourth-order valence-electron chi connectivity index (χ4n) is 2.47. The van der Waals surface area contributed by atoms with Gasteiger partial charge in [0.05, 0.1) is 0 Å². The number of halogens is 3. The molecule has 3 rings (SSSR count). The molecule has 2 aromatic heterocycles. The lowest BCUT2D eigenvalue weighted by atomic mass is 10.2. The lowest BCUT2D eigenvalue weighted by Gasteiger charge is -2.09. The molecule has 0 saturated heterocycles. The molecular weight excluding hydrogens is 383 g/mol. The number of aromatic nitrogens is 2. The number of hydrogen-bond donors (Lipinski definition) is 1. The van der Waals surface area contributed by atoms with E-state index in [0.29, 0.717) is 17.1 Å². The zero-order valence-corrected chi connectivity index (χ0v) is 14.9. The Labute approximate surface area is 155 Å². The maximum Gasteiger partial charge on any atom is 0.573 e. The number of ether oxygens (including phenoxy) is 1. The molecular formula is C17H14F3N3O3S. The summed E-state index contributed by atoms with van der Waals surface area (Å²) in [6.45, 7) is 2.00. The maximum atomic E-state index is 12.1. The van der Waals surface area contributed by atoms with Crippen molar-refractivity contribution in [2.24, 2.45) is 0 Å². The quantitative estimate of drug-likeness (QED) is 0.719. The molecule has 0 aliphatic carbocycles. The van der Waals surface area contributed by atoms with Gasteiger partial charge < -0.3 is 10.1 Å². The van der Waals surface area contributed by atoms with Crippen LogP contribution in [0.2, 0.25) is 0 Å². The number of nitrogens with one attached hydrogen (secondary N) is 1. The van der Waals surface area contributed by atoms with Gasteiger partial charge in [-0.15, -0.1) is 24.5 Å². The Hall–Kier alpha value is -2.88. The normalized spacial score (nSPS) is 11.6. The smallest absolute Gasteiger partial charge is 0.406 e. The van der Waals surface area contributed by atoms with Crippen LogP contribution < -0.4 is 15.6 Å². The summed E-state index contributed by atoms with van der Waals surface area (Å²) < 4.78 is 41.7. The first-order chi connectivity index (χ1) is 12.7. The summed E-state index contributed by atoms with van der Waals surface area (Å²) in [4.78, 5) is 29.0. The highest BCUT2D eigenvalue weighted by Gasteiger charge is 2.31. The topological polar surface area (TPSA) is 72.7 Å². The van der Waals surface area contributed by atoms with Crippen LogP contribution in [0.1, 0.15) is 21.7 Å². The fraction of sp³-hybridized carbons (Fsp3) is 0.235. The first-order valence-corrected chi connectivity index (χ1v) is 8.72. The summed E-state index contributed by atoms with van der Waals surface area (Å²) >= 11 is 1.34. The van der Waals surface area contributed by atoms with Gasteiger partial charge in [0.25, 0.3) is 11.5 Å². The van der Waals surface area contributed by atoms with Crippen molar-refractivity contribution in [3.05, 3.63) is 63.0 Å². The van der Waals surface area contributed by atoms with E-state index in [2.05, 4.69) is 15.0 Å². The summed E-state index contributed by atoms with van der Waals surface area (Å²) in [5.41, 5.74) is 1.39. The number of carbonyl (C=O) groups is 1. The van der Waals surface area contributed by atoms with E-state index in [1.54, 1.807) is 12.3 Å². The van der Waals surface area contributed by atoms with E-state index in [4.69, 9.17) is 0 Å². The van der Waals surface area contributed by atoms with Crippen LogP contribution >= 0.6 is 11.3 Å². The standard InChI is InChI=1S/C17H14F3N3O3S/c1-10-8-14(24)23-12(9-27-16(23)22-10)6-7-21-15(25)11-2-4-13(5-3-11)26-17(18,19)20/h2-5,8-9H,6-7H2,1H3,(H,21,25). The number of nitrogens with zero attached hydrogens (tertiary/aromatic N) is 2. The van der Waals surface area contributed by atoms with Crippen molar-refractivity contribution in [2.45, 2.75) is 19.7 Å². The summed E-state index contributed by atoms with van der Waals surface area (Å²) in [6.07, 6.45) is -4.37. The van der Waals surface area contributed by atoms with E-state index in [0.717, 1.165) is 17.8 Å². The Morgan fingerprint density at radius 1 is 1.30 bits per heavy atom. The third kappa shape index (κ3) is 4.64. The van der Waals surface area contributed by atoms with Gasteiger partial charge in [-0.1, -0.05) is 0 Å². The summed E-state index contributed by atoms with van der Waals surface area (Å²) in [7, 11) is 0. The molecule has 0 fully saturated rings. The molecule has 3 aromatic rings. The number of rotatable bonds is 5. The van der Waals surface area contributed by atoms with E-state index >= 15 is 0 Å². The van der Waals surface area contributed by atoms with Crippen molar-refractivity contribution in [2.75, 3.05) is 6.54 Å². The van der Waals surface area contributed by atoms with E-state index in [1.165, 1.54) is 33.9 Å². The second-order valence-corrected chi connectivity index (χ2v) is 6.50. The van der Waals surface area contributed by atoms with Gasteiger partial charge in [-0.3, -0.25) is 14.0 Å². The number of aryl methyl sites for hydroxylation is 1. The molecule has 1 amide bonds. The van der Waals surface area contributed by atoms with Crippen LogP contribution in [0.25, 0.3) is 4.96 Å². The monoisotopic (exact) mass is 397 g/mol. The van der Waals surface area contributed by atoms with Gasteiger partial charge in [0.15, 0.2) is 4.96 Å². The first-order valence-electron chi connectivity index (χ1n) is 7.84. The molecule has 10 heteroatoms. The molecule has 1 N–H and O–H groups in total. The highest BCUT2D eigenvalue weighted by atomic mass is 32.1. The predicted octanol–water partition coefficient (Wildman–Crippen LogP) is 2.94. The van der Waals surface area contributed by atoms with Crippen LogP contribution in [0.5, 0.6) is 5.75 Å². The Morgan fingerprint density at radius 3 is 2.67 bits per heavy atom. The minimum Gasteiger partial charge on any atom is -0.406 e. The zero-order valence-electron chi connectivity index (χ0n) is 14.0. The molecule has 0 aliphatic heterocycles. The average Bonchev–Trinajstić information content (AvgIpc) is 2.97. The van der Waals surface area contributed by atoms with Crippen molar-refractivity contribution in [3.8, 4) is 5.75 Å².